The molecule has 1 rings (SSSR count). The van der Waals surface area contributed by atoms with Gasteiger partial charge in [-0.15, -0.1) is 0 Å². The minimum Gasteiger partial charge on any atom is -0.355 e. The quantitative estimate of drug-likeness (QED) is 0.558. The molecule has 0 aliphatic heterocycles. The normalized spacial score (nSPS) is 13.2. The number of benzene rings is 1. The van der Waals surface area contributed by atoms with Crippen LogP contribution in [0.25, 0.3) is 0 Å². The number of hydrogen-bond donors (Lipinski definition) is 0. The first kappa shape index (κ1) is 15.7. The van der Waals surface area contributed by atoms with Gasteiger partial charge in [0.05, 0.1) is 5.69 Å². The number of aliphatic imine (C=N–C) groups is 1. The average molecular weight is 260 g/mol. The summed E-state index contributed by atoms with van der Waals surface area (Å²) in [5.41, 5.74) is 1.06. The second-order valence-electron chi connectivity index (χ2n) is 6.62. The van der Waals surface area contributed by atoms with Gasteiger partial charge < -0.3 is 4.90 Å². The molecule has 0 fully saturated rings. The van der Waals surface area contributed by atoms with E-state index in [4.69, 9.17) is 4.99 Å². The second kappa shape index (κ2) is 6.23. The zero-order valence-electron chi connectivity index (χ0n) is 13.4. The number of amidine groups is 1. The lowest BCUT2D eigenvalue weighted by Gasteiger charge is -2.39. The van der Waals surface area contributed by atoms with Crippen LogP contribution >= 0.6 is 0 Å². The molecule has 0 unspecified atom stereocenters. The van der Waals surface area contributed by atoms with Crippen LogP contribution in [-0.2, 0) is 0 Å². The van der Waals surface area contributed by atoms with Crippen molar-refractivity contribution in [3.63, 3.8) is 0 Å². The van der Waals surface area contributed by atoms with Crippen LogP contribution in [0.1, 0.15) is 48.5 Å². The smallest absolute Gasteiger partial charge is 0.111 e. The molecule has 0 aliphatic rings. The van der Waals surface area contributed by atoms with Gasteiger partial charge in [0.2, 0.25) is 0 Å². The fraction of sp³-hybridized carbons (Fsp3) is 0.588. The summed E-state index contributed by atoms with van der Waals surface area (Å²) in [7, 11) is 0. The van der Waals surface area contributed by atoms with Gasteiger partial charge in [-0.2, -0.15) is 0 Å². The summed E-state index contributed by atoms with van der Waals surface area (Å²) >= 11 is 0. The molecule has 0 radical (unpaired) electrons. The average Bonchev–Trinajstić information content (AvgIpc) is 2.27. The summed E-state index contributed by atoms with van der Waals surface area (Å²) in [6.07, 6.45) is 0. The molecule has 2 nitrogen and oxygen atoms in total. The van der Waals surface area contributed by atoms with Crippen molar-refractivity contribution in [2.24, 2.45) is 10.4 Å². The van der Waals surface area contributed by atoms with Crippen LogP contribution in [0.5, 0.6) is 0 Å². The van der Waals surface area contributed by atoms with E-state index in [1.54, 1.807) is 0 Å². The number of rotatable bonds is 3. The lowest BCUT2D eigenvalue weighted by molar-refractivity contribution is 0.265. The first-order valence-corrected chi connectivity index (χ1v) is 7.16. The van der Waals surface area contributed by atoms with Crippen LogP contribution in [0.4, 0.5) is 5.69 Å². The van der Waals surface area contributed by atoms with Gasteiger partial charge in [0.1, 0.15) is 5.84 Å². The standard InChI is InChI=1S/C17H28N2/c1-13(2)19(14(3)4)16(17(5,6)7)18-15-11-9-8-10-12-15/h8-14H,1-7H3. The minimum atomic E-state index is 0.0321. The lowest BCUT2D eigenvalue weighted by Crippen LogP contribution is -2.47. The Morgan fingerprint density at radius 3 is 1.79 bits per heavy atom. The summed E-state index contributed by atoms with van der Waals surface area (Å²) in [5.74, 6) is 1.16. The van der Waals surface area contributed by atoms with Crippen LogP contribution in [-0.4, -0.2) is 22.8 Å². The van der Waals surface area contributed by atoms with Crippen LogP contribution < -0.4 is 0 Å². The zero-order chi connectivity index (χ0) is 14.6. The van der Waals surface area contributed by atoms with E-state index >= 15 is 0 Å². The van der Waals surface area contributed by atoms with Crippen molar-refractivity contribution in [3.8, 4) is 0 Å². The topological polar surface area (TPSA) is 15.6 Å². The van der Waals surface area contributed by atoms with Crippen molar-refractivity contribution >= 4 is 11.5 Å². The Morgan fingerprint density at radius 2 is 1.42 bits per heavy atom. The molecular weight excluding hydrogens is 232 g/mol. The SMILES string of the molecule is CC(C)N(C(=Nc1ccccc1)C(C)(C)C)C(C)C. The summed E-state index contributed by atoms with van der Waals surface area (Å²) in [4.78, 5) is 7.32. The van der Waals surface area contributed by atoms with Crippen LogP contribution in [0, 0.1) is 5.41 Å². The molecule has 0 aromatic heterocycles. The third-order valence-corrected chi connectivity index (χ3v) is 3.02. The second-order valence-corrected chi connectivity index (χ2v) is 6.62. The van der Waals surface area contributed by atoms with Crippen molar-refractivity contribution in [1.29, 1.82) is 0 Å². The van der Waals surface area contributed by atoms with E-state index in [9.17, 15) is 0 Å². The fourth-order valence-electron chi connectivity index (χ4n) is 2.32. The molecule has 0 saturated heterocycles. The van der Waals surface area contributed by atoms with Crippen LogP contribution in [0.15, 0.2) is 35.3 Å². The van der Waals surface area contributed by atoms with Crippen molar-refractivity contribution < 1.29 is 0 Å². The van der Waals surface area contributed by atoms with E-state index in [1.165, 1.54) is 0 Å². The molecular formula is C17H28N2. The molecule has 19 heavy (non-hydrogen) atoms. The van der Waals surface area contributed by atoms with Crippen molar-refractivity contribution in [2.45, 2.75) is 60.5 Å². The number of hydrogen-bond acceptors (Lipinski definition) is 1. The maximum atomic E-state index is 4.92. The predicted octanol–water partition coefficient (Wildman–Crippen LogP) is 4.88. The third kappa shape index (κ3) is 4.38. The highest BCUT2D eigenvalue weighted by molar-refractivity contribution is 5.89. The Bertz CT molecular complexity index is 403. The largest absolute Gasteiger partial charge is 0.355 e. The first-order chi connectivity index (χ1) is 8.73. The van der Waals surface area contributed by atoms with Crippen molar-refractivity contribution in [3.05, 3.63) is 30.3 Å². The summed E-state index contributed by atoms with van der Waals surface area (Å²) in [6.45, 7) is 15.6. The first-order valence-electron chi connectivity index (χ1n) is 7.16. The lowest BCUT2D eigenvalue weighted by atomic mass is 9.92. The number of para-hydroxylation sites is 1. The van der Waals surface area contributed by atoms with E-state index in [1.807, 2.05) is 18.2 Å². The molecule has 1 aromatic carbocycles. The highest BCUT2D eigenvalue weighted by atomic mass is 15.2. The van der Waals surface area contributed by atoms with Gasteiger partial charge in [-0.3, -0.25) is 0 Å². The van der Waals surface area contributed by atoms with Gasteiger partial charge >= 0.3 is 0 Å². The molecule has 0 N–H and O–H groups in total. The van der Waals surface area contributed by atoms with Gasteiger partial charge in [0, 0.05) is 17.5 Å². The van der Waals surface area contributed by atoms with Crippen LogP contribution in [0.3, 0.4) is 0 Å². The Morgan fingerprint density at radius 1 is 0.947 bits per heavy atom. The molecule has 1 aromatic rings. The molecule has 0 aliphatic carbocycles. The number of nitrogens with zero attached hydrogens (tertiary/aromatic N) is 2. The Balaban J connectivity index is 3.26. The molecule has 0 spiro atoms. The Hall–Kier alpha value is -1.31. The maximum absolute atomic E-state index is 4.92. The Kier molecular flexibility index (Phi) is 5.16. The highest BCUT2D eigenvalue weighted by Gasteiger charge is 2.28. The van der Waals surface area contributed by atoms with E-state index in [0.29, 0.717) is 12.1 Å². The summed E-state index contributed by atoms with van der Waals surface area (Å²) in [6, 6.07) is 11.1. The van der Waals surface area contributed by atoms with Gasteiger partial charge in [-0.25, -0.2) is 4.99 Å². The predicted molar refractivity (Wildman–Crippen MR) is 85.1 cm³/mol. The highest BCUT2D eigenvalue weighted by Crippen LogP contribution is 2.26. The summed E-state index contributed by atoms with van der Waals surface area (Å²) in [5, 5.41) is 0. The van der Waals surface area contributed by atoms with Gasteiger partial charge in [-0.1, -0.05) is 39.0 Å². The van der Waals surface area contributed by atoms with Crippen LogP contribution in [0.2, 0.25) is 0 Å². The van der Waals surface area contributed by atoms with E-state index in [-0.39, 0.29) is 5.41 Å². The van der Waals surface area contributed by atoms with E-state index in [0.717, 1.165) is 11.5 Å². The zero-order valence-corrected chi connectivity index (χ0v) is 13.4. The molecule has 0 bridgehead atoms. The van der Waals surface area contributed by atoms with Gasteiger partial charge in [-0.05, 0) is 39.8 Å². The van der Waals surface area contributed by atoms with Crippen molar-refractivity contribution in [1.82, 2.24) is 4.90 Å². The molecule has 106 valence electrons. The molecule has 0 amide bonds. The third-order valence-electron chi connectivity index (χ3n) is 3.02. The minimum absolute atomic E-state index is 0.0321. The maximum Gasteiger partial charge on any atom is 0.111 e. The van der Waals surface area contributed by atoms with E-state index in [2.05, 4.69) is 65.5 Å². The fourth-order valence-corrected chi connectivity index (χ4v) is 2.32. The molecule has 0 heterocycles. The van der Waals surface area contributed by atoms with Crippen molar-refractivity contribution in [2.75, 3.05) is 0 Å². The summed E-state index contributed by atoms with van der Waals surface area (Å²) < 4.78 is 0. The molecule has 0 atom stereocenters. The van der Waals surface area contributed by atoms with Gasteiger partial charge in [0.25, 0.3) is 0 Å². The molecule has 0 saturated carbocycles. The van der Waals surface area contributed by atoms with Gasteiger partial charge in [0.15, 0.2) is 0 Å². The Labute approximate surface area is 118 Å². The monoisotopic (exact) mass is 260 g/mol. The van der Waals surface area contributed by atoms with E-state index < -0.39 is 0 Å². The molecule has 2 heteroatoms.